The van der Waals surface area contributed by atoms with Gasteiger partial charge in [-0.1, -0.05) is 25.9 Å². The van der Waals surface area contributed by atoms with Gasteiger partial charge in [0.15, 0.2) is 5.82 Å². The quantitative estimate of drug-likeness (QED) is 0.586. The Hall–Kier alpha value is -1.70. The van der Waals surface area contributed by atoms with Crippen LogP contribution in [0, 0.1) is 0 Å². The van der Waals surface area contributed by atoms with Gasteiger partial charge in [-0.05, 0) is 0 Å². The Morgan fingerprint density at radius 3 is 2.35 bits per heavy atom. The number of ether oxygens (including phenoxy) is 1. The molecule has 0 saturated carbocycles. The fourth-order valence-corrected chi connectivity index (χ4v) is 1.84. The first-order valence-electron chi connectivity index (χ1n) is 5.91. The number of anilines is 1. The Kier molecular flexibility index (Phi) is 5.04. The van der Waals surface area contributed by atoms with Crippen molar-refractivity contribution in [3.05, 3.63) is 11.8 Å². The second-order valence-corrected chi connectivity index (χ2v) is 6.20. The lowest BCUT2D eigenvalue weighted by atomic mass is 9.93. The minimum Gasteiger partial charge on any atom is -0.460 e. The maximum absolute atomic E-state index is 12.1. The molecule has 7 nitrogen and oxygen atoms in total. The third-order valence-corrected chi connectivity index (χ3v) is 3.18. The highest BCUT2D eigenvalue weighted by Crippen LogP contribution is 2.30. The molecular weight excluding hydrogens is 282 g/mol. The van der Waals surface area contributed by atoms with Crippen molar-refractivity contribution in [3.63, 3.8) is 0 Å². The Labute approximate surface area is 122 Å². The average molecular weight is 301 g/mol. The van der Waals surface area contributed by atoms with E-state index in [1.54, 1.807) is 20.2 Å². The van der Waals surface area contributed by atoms with Crippen LogP contribution in [0.2, 0.25) is 0 Å². The average Bonchev–Trinajstić information content (AvgIpc) is 2.83. The summed E-state index contributed by atoms with van der Waals surface area (Å²) in [5, 5.41) is 3.24. The highest BCUT2D eigenvalue weighted by atomic mass is 32.2. The second kappa shape index (κ2) is 6.17. The van der Waals surface area contributed by atoms with Gasteiger partial charge in [0.05, 0.1) is 19.1 Å². The van der Waals surface area contributed by atoms with E-state index in [-0.39, 0.29) is 11.2 Å². The largest absolute Gasteiger partial charge is 0.460 e. The fourth-order valence-electron chi connectivity index (χ4n) is 1.19. The van der Waals surface area contributed by atoms with Crippen molar-refractivity contribution in [1.82, 2.24) is 10.1 Å². The minimum absolute atomic E-state index is 0.242. The molecule has 0 atom stereocenters. The number of amides is 2. The van der Waals surface area contributed by atoms with Crippen LogP contribution in [-0.4, -0.2) is 42.6 Å². The summed E-state index contributed by atoms with van der Waals surface area (Å²) in [5.41, 5.74) is -0.242. The summed E-state index contributed by atoms with van der Waals surface area (Å²) < 4.78 is 10.9. The highest BCUT2D eigenvalue weighted by molar-refractivity contribution is 8.15. The SMILES string of the molecule is COC(=O)SN(C(=O)N(C)C)c1cc(C(C)(C)C)on1. The molecule has 0 spiro atoms. The Morgan fingerprint density at radius 2 is 1.95 bits per heavy atom. The van der Waals surface area contributed by atoms with E-state index in [9.17, 15) is 9.59 Å². The van der Waals surface area contributed by atoms with E-state index in [0.717, 1.165) is 4.31 Å². The Balaban J connectivity index is 3.07. The molecule has 1 rings (SSSR count). The van der Waals surface area contributed by atoms with Gasteiger partial charge in [0.2, 0.25) is 0 Å². The van der Waals surface area contributed by atoms with E-state index >= 15 is 0 Å². The van der Waals surface area contributed by atoms with E-state index in [1.807, 2.05) is 20.8 Å². The summed E-state index contributed by atoms with van der Waals surface area (Å²) >= 11 is 0.617. The Bertz CT molecular complexity index is 493. The van der Waals surface area contributed by atoms with Gasteiger partial charge < -0.3 is 14.2 Å². The molecule has 0 saturated heterocycles. The number of rotatable bonds is 1. The summed E-state index contributed by atoms with van der Waals surface area (Å²) in [6.07, 6.45) is 0. The summed E-state index contributed by atoms with van der Waals surface area (Å²) in [6.45, 7) is 5.88. The second-order valence-electron chi connectivity index (χ2n) is 5.32. The highest BCUT2D eigenvalue weighted by Gasteiger charge is 2.28. The van der Waals surface area contributed by atoms with Gasteiger partial charge in [0, 0.05) is 25.6 Å². The molecule has 0 aliphatic carbocycles. The number of carbonyl (C=O) groups excluding carboxylic acids is 2. The number of nitrogens with zero attached hydrogens (tertiary/aromatic N) is 3. The first-order valence-corrected chi connectivity index (χ1v) is 6.68. The lowest BCUT2D eigenvalue weighted by molar-refractivity contribution is 0.200. The van der Waals surface area contributed by atoms with Gasteiger partial charge in [0.1, 0.15) is 5.76 Å². The molecule has 0 N–H and O–H groups in total. The van der Waals surface area contributed by atoms with Crippen LogP contribution in [0.25, 0.3) is 0 Å². The molecule has 0 aliphatic heterocycles. The van der Waals surface area contributed by atoms with Gasteiger partial charge >= 0.3 is 11.3 Å². The van der Waals surface area contributed by atoms with E-state index < -0.39 is 11.3 Å². The zero-order valence-corrected chi connectivity index (χ0v) is 13.3. The van der Waals surface area contributed by atoms with Crippen molar-refractivity contribution in [2.75, 3.05) is 25.5 Å². The molecule has 2 amide bonds. The number of methoxy groups -OCH3 is 1. The number of urea groups is 1. The molecule has 1 aromatic heterocycles. The zero-order chi connectivity index (χ0) is 15.5. The van der Waals surface area contributed by atoms with Crippen molar-refractivity contribution in [2.45, 2.75) is 26.2 Å². The van der Waals surface area contributed by atoms with Crippen LogP contribution in [0.5, 0.6) is 0 Å². The number of hydrogen-bond acceptors (Lipinski definition) is 6. The predicted octanol–water partition coefficient (Wildman–Crippen LogP) is 2.87. The van der Waals surface area contributed by atoms with Crippen molar-refractivity contribution >= 4 is 29.1 Å². The van der Waals surface area contributed by atoms with Crippen LogP contribution in [0.1, 0.15) is 26.5 Å². The zero-order valence-electron chi connectivity index (χ0n) is 12.5. The first kappa shape index (κ1) is 16.4. The molecule has 112 valence electrons. The smallest absolute Gasteiger partial charge is 0.388 e. The predicted molar refractivity (Wildman–Crippen MR) is 76.8 cm³/mol. The summed E-state index contributed by atoms with van der Waals surface area (Å²) in [4.78, 5) is 24.8. The van der Waals surface area contributed by atoms with E-state index in [4.69, 9.17) is 4.52 Å². The monoisotopic (exact) mass is 301 g/mol. The van der Waals surface area contributed by atoms with Crippen LogP contribution in [0.3, 0.4) is 0 Å². The molecule has 0 radical (unpaired) electrons. The lowest BCUT2D eigenvalue weighted by Crippen LogP contribution is -2.35. The number of hydrogen-bond donors (Lipinski definition) is 0. The molecule has 0 aromatic carbocycles. The number of aromatic nitrogens is 1. The summed E-state index contributed by atoms with van der Waals surface area (Å²) in [6, 6.07) is 1.23. The molecule has 8 heteroatoms. The van der Waals surface area contributed by atoms with Crippen molar-refractivity contribution in [2.24, 2.45) is 0 Å². The molecule has 0 fully saturated rings. The van der Waals surface area contributed by atoms with Crippen molar-refractivity contribution in [1.29, 1.82) is 0 Å². The molecule has 20 heavy (non-hydrogen) atoms. The minimum atomic E-state index is -0.611. The van der Waals surface area contributed by atoms with E-state index in [2.05, 4.69) is 9.89 Å². The van der Waals surface area contributed by atoms with Gasteiger partial charge in [-0.15, -0.1) is 0 Å². The van der Waals surface area contributed by atoms with E-state index in [1.165, 1.54) is 12.0 Å². The third-order valence-electron chi connectivity index (χ3n) is 2.33. The maximum Gasteiger partial charge on any atom is 0.388 e. The fraction of sp³-hybridized carbons (Fsp3) is 0.583. The molecule has 0 bridgehead atoms. The maximum atomic E-state index is 12.1. The molecular formula is C12H19N3O4S. The van der Waals surface area contributed by atoms with Crippen LogP contribution in [-0.2, 0) is 10.2 Å². The van der Waals surface area contributed by atoms with Crippen LogP contribution < -0.4 is 4.31 Å². The Morgan fingerprint density at radius 1 is 1.35 bits per heavy atom. The summed E-state index contributed by atoms with van der Waals surface area (Å²) in [5.74, 6) is 0.874. The first-order chi connectivity index (χ1) is 9.16. The third kappa shape index (κ3) is 3.89. The van der Waals surface area contributed by atoms with Gasteiger partial charge in [-0.3, -0.25) is 0 Å². The topological polar surface area (TPSA) is 75.9 Å². The normalized spacial score (nSPS) is 11.1. The van der Waals surface area contributed by atoms with Crippen LogP contribution in [0.4, 0.5) is 15.4 Å². The van der Waals surface area contributed by atoms with Gasteiger partial charge in [-0.2, -0.15) is 0 Å². The molecule has 0 aliphatic rings. The van der Waals surface area contributed by atoms with Gasteiger partial charge in [-0.25, -0.2) is 13.9 Å². The van der Waals surface area contributed by atoms with Crippen LogP contribution >= 0.6 is 11.9 Å². The molecule has 0 unspecified atom stereocenters. The van der Waals surface area contributed by atoms with E-state index in [0.29, 0.717) is 17.7 Å². The standard InChI is InChI=1S/C12H19N3O4S/c1-12(2,3)8-7-9(13-19-8)15(10(16)14(4)5)20-11(17)18-6/h7H,1-6H3. The van der Waals surface area contributed by atoms with Crippen molar-refractivity contribution < 1.29 is 18.8 Å². The summed E-state index contributed by atoms with van der Waals surface area (Å²) in [7, 11) is 4.41. The van der Waals surface area contributed by atoms with Crippen LogP contribution in [0.15, 0.2) is 10.6 Å². The number of carbonyl (C=O) groups is 2. The molecule has 1 aromatic rings. The lowest BCUT2D eigenvalue weighted by Gasteiger charge is -2.20. The van der Waals surface area contributed by atoms with Crippen molar-refractivity contribution in [3.8, 4) is 0 Å². The van der Waals surface area contributed by atoms with Gasteiger partial charge in [0.25, 0.3) is 0 Å². The molecule has 1 heterocycles.